The fourth-order valence-electron chi connectivity index (χ4n) is 2.83. The van der Waals surface area contributed by atoms with Gasteiger partial charge in [0.15, 0.2) is 5.76 Å². The number of hydrogen-bond acceptors (Lipinski definition) is 5. The fraction of sp³-hybridized carbons (Fsp3) is 0.222. The summed E-state index contributed by atoms with van der Waals surface area (Å²) in [5.74, 6) is 1.05. The van der Waals surface area contributed by atoms with Crippen molar-refractivity contribution in [1.29, 1.82) is 0 Å². The number of nitrogens with zero attached hydrogens (tertiary/aromatic N) is 3. The van der Waals surface area contributed by atoms with Gasteiger partial charge < -0.3 is 10.2 Å². The van der Waals surface area contributed by atoms with E-state index in [9.17, 15) is 4.79 Å². The molecule has 6 nitrogen and oxygen atoms in total. The lowest BCUT2D eigenvalue weighted by atomic mass is 10.0. The summed E-state index contributed by atoms with van der Waals surface area (Å²) in [5, 5.41) is 0. The van der Waals surface area contributed by atoms with Crippen LogP contribution in [0.1, 0.15) is 24.3 Å². The van der Waals surface area contributed by atoms with E-state index in [1.54, 1.807) is 18.6 Å². The molecule has 24 heavy (non-hydrogen) atoms. The molecule has 0 radical (unpaired) electrons. The largest absolute Gasteiger partial charge is 0.460 e. The molecule has 120 valence electrons. The molecule has 0 bridgehead atoms. The van der Waals surface area contributed by atoms with E-state index in [0.29, 0.717) is 35.7 Å². The molecule has 0 atom stereocenters. The zero-order valence-electron chi connectivity index (χ0n) is 13.2. The molecule has 0 saturated heterocycles. The van der Waals surface area contributed by atoms with Gasteiger partial charge in [-0.2, -0.15) is 0 Å². The van der Waals surface area contributed by atoms with Gasteiger partial charge in [0.05, 0.1) is 23.0 Å². The number of primary amides is 1. The second-order valence-electron chi connectivity index (χ2n) is 6.04. The van der Waals surface area contributed by atoms with Gasteiger partial charge in [-0.05, 0) is 44.0 Å². The first kappa shape index (κ1) is 14.6. The number of amides is 1. The first-order valence-corrected chi connectivity index (χ1v) is 7.75. The second-order valence-corrected chi connectivity index (χ2v) is 6.04. The van der Waals surface area contributed by atoms with Crippen LogP contribution >= 0.6 is 0 Å². The molecule has 0 aliphatic heterocycles. The Balaban J connectivity index is 1.90. The minimum atomic E-state index is -0.680. The van der Waals surface area contributed by atoms with Crippen molar-refractivity contribution in [2.45, 2.75) is 25.2 Å². The van der Waals surface area contributed by atoms with Crippen LogP contribution in [0.4, 0.5) is 0 Å². The lowest BCUT2D eigenvalue weighted by Gasteiger charge is -2.13. The van der Waals surface area contributed by atoms with Crippen LogP contribution in [-0.4, -0.2) is 20.9 Å². The van der Waals surface area contributed by atoms with Gasteiger partial charge in [-0.1, -0.05) is 0 Å². The van der Waals surface area contributed by atoms with Crippen LogP contribution in [0, 0.1) is 6.92 Å². The van der Waals surface area contributed by atoms with Gasteiger partial charge in [0.2, 0.25) is 5.91 Å². The first-order chi connectivity index (χ1) is 11.6. The number of aromatic nitrogens is 3. The lowest BCUT2D eigenvalue weighted by molar-refractivity contribution is -0.120. The first-order valence-electron chi connectivity index (χ1n) is 7.75. The van der Waals surface area contributed by atoms with Crippen LogP contribution in [0.5, 0.6) is 0 Å². The van der Waals surface area contributed by atoms with E-state index in [-0.39, 0.29) is 5.91 Å². The average Bonchev–Trinajstić information content (AvgIpc) is 3.31. The summed E-state index contributed by atoms with van der Waals surface area (Å²) in [6.07, 6.45) is 6.47. The Kier molecular flexibility index (Phi) is 3.19. The Morgan fingerprint density at radius 1 is 1.17 bits per heavy atom. The average molecular weight is 320 g/mol. The van der Waals surface area contributed by atoms with Crippen LogP contribution in [-0.2, 0) is 10.2 Å². The van der Waals surface area contributed by atoms with E-state index in [1.807, 2.05) is 31.2 Å². The van der Waals surface area contributed by atoms with Crippen LogP contribution in [0.3, 0.4) is 0 Å². The van der Waals surface area contributed by atoms with Crippen molar-refractivity contribution >= 4 is 5.91 Å². The van der Waals surface area contributed by atoms with Crippen LogP contribution in [0.25, 0.3) is 22.7 Å². The maximum absolute atomic E-state index is 11.8. The van der Waals surface area contributed by atoms with Gasteiger partial charge in [-0.15, -0.1) is 0 Å². The Morgan fingerprint density at radius 3 is 2.50 bits per heavy atom. The van der Waals surface area contributed by atoms with Crippen LogP contribution in [0.2, 0.25) is 0 Å². The summed E-state index contributed by atoms with van der Waals surface area (Å²) in [7, 11) is 0. The lowest BCUT2D eigenvalue weighted by Crippen LogP contribution is -2.29. The van der Waals surface area contributed by atoms with Gasteiger partial charge in [0, 0.05) is 18.0 Å². The number of nitrogens with two attached hydrogens (primary N) is 1. The molecule has 0 spiro atoms. The Hall–Kier alpha value is -3.02. The third-order valence-electron chi connectivity index (χ3n) is 4.41. The number of rotatable bonds is 4. The van der Waals surface area contributed by atoms with Crippen molar-refractivity contribution in [1.82, 2.24) is 15.0 Å². The summed E-state index contributed by atoms with van der Waals surface area (Å²) < 4.78 is 5.75. The molecule has 3 aromatic rings. The predicted molar refractivity (Wildman–Crippen MR) is 87.8 cm³/mol. The molecule has 3 heterocycles. The molecule has 6 heteroatoms. The van der Waals surface area contributed by atoms with E-state index in [1.165, 1.54) is 0 Å². The Labute approximate surface area is 138 Å². The van der Waals surface area contributed by atoms with Gasteiger partial charge in [0.25, 0.3) is 0 Å². The number of carbonyl (C=O) groups is 1. The molecule has 1 aliphatic rings. The maximum Gasteiger partial charge on any atom is 0.229 e. The molecule has 1 amide bonds. The minimum Gasteiger partial charge on any atom is -0.460 e. The molecule has 4 rings (SSSR count). The van der Waals surface area contributed by atoms with E-state index in [2.05, 4.69) is 9.97 Å². The van der Waals surface area contributed by atoms with Gasteiger partial charge in [-0.25, -0.2) is 4.98 Å². The summed E-state index contributed by atoms with van der Waals surface area (Å²) >= 11 is 0. The zero-order valence-corrected chi connectivity index (χ0v) is 13.2. The molecular formula is C18H16N4O2. The minimum absolute atomic E-state index is 0.352. The maximum atomic E-state index is 11.8. The normalized spacial score (nSPS) is 15.2. The molecule has 0 unspecified atom stereocenters. The fourth-order valence-corrected chi connectivity index (χ4v) is 2.83. The summed E-state index contributed by atoms with van der Waals surface area (Å²) in [5.41, 5.74) is 7.68. The van der Waals surface area contributed by atoms with Crippen molar-refractivity contribution < 1.29 is 9.21 Å². The number of carbonyl (C=O) groups excluding carboxylic acids is 1. The number of aryl methyl sites for hydroxylation is 1. The van der Waals surface area contributed by atoms with Gasteiger partial charge >= 0.3 is 0 Å². The molecule has 2 N–H and O–H groups in total. The summed E-state index contributed by atoms with van der Waals surface area (Å²) in [6.45, 7) is 1.87. The van der Waals surface area contributed by atoms with Gasteiger partial charge in [-0.3, -0.25) is 14.8 Å². The van der Waals surface area contributed by atoms with E-state index < -0.39 is 5.41 Å². The summed E-state index contributed by atoms with van der Waals surface area (Å²) in [4.78, 5) is 25.1. The van der Waals surface area contributed by atoms with Crippen molar-refractivity contribution in [2.75, 3.05) is 0 Å². The number of hydrogen-bond donors (Lipinski definition) is 1. The SMILES string of the molecule is Cc1ccc(-c2nc(C3(C(N)=O)CC3)cnc2-c2ccncc2)o1. The predicted octanol–water partition coefficient (Wildman–Crippen LogP) is 2.62. The van der Waals surface area contributed by atoms with E-state index in [4.69, 9.17) is 15.1 Å². The highest BCUT2D eigenvalue weighted by atomic mass is 16.3. The number of pyridine rings is 1. The highest BCUT2D eigenvalue weighted by Gasteiger charge is 2.52. The smallest absolute Gasteiger partial charge is 0.229 e. The molecule has 3 aromatic heterocycles. The van der Waals surface area contributed by atoms with Gasteiger partial charge in [0.1, 0.15) is 11.5 Å². The highest BCUT2D eigenvalue weighted by Crippen LogP contribution is 2.47. The molecule has 0 aromatic carbocycles. The van der Waals surface area contributed by atoms with Crippen molar-refractivity contribution in [3.63, 3.8) is 0 Å². The van der Waals surface area contributed by atoms with E-state index >= 15 is 0 Å². The standard InChI is InChI=1S/C18H16N4O2/c1-11-2-3-13(24-11)16-15(12-4-8-20-9-5-12)21-10-14(22-16)18(6-7-18)17(19)23/h2-5,8-10H,6-7H2,1H3,(H2,19,23). The van der Waals surface area contributed by atoms with Crippen LogP contribution in [0.15, 0.2) is 47.3 Å². The third-order valence-corrected chi connectivity index (χ3v) is 4.41. The zero-order chi connectivity index (χ0) is 16.7. The summed E-state index contributed by atoms with van der Waals surface area (Å²) in [6, 6.07) is 7.46. The molecule has 1 aliphatic carbocycles. The molecule has 1 saturated carbocycles. The quantitative estimate of drug-likeness (QED) is 0.797. The monoisotopic (exact) mass is 320 g/mol. The number of furan rings is 1. The van der Waals surface area contributed by atoms with E-state index in [0.717, 1.165) is 11.3 Å². The molecular weight excluding hydrogens is 304 g/mol. The van der Waals surface area contributed by atoms with Crippen LogP contribution < -0.4 is 5.73 Å². The second kappa shape index (κ2) is 5.26. The Bertz CT molecular complexity index is 914. The van der Waals surface area contributed by atoms with Crippen molar-refractivity contribution in [2.24, 2.45) is 5.73 Å². The third kappa shape index (κ3) is 2.27. The van der Waals surface area contributed by atoms with Crippen molar-refractivity contribution in [3.05, 3.63) is 54.3 Å². The topological polar surface area (TPSA) is 94.9 Å². The van der Waals surface area contributed by atoms with Crippen molar-refractivity contribution in [3.8, 4) is 22.7 Å². The molecule has 1 fully saturated rings. The highest BCUT2D eigenvalue weighted by molar-refractivity contribution is 5.89. The Morgan fingerprint density at radius 2 is 1.92 bits per heavy atom.